The Labute approximate surface area is 141 Å². The van der Waals surface area contributed by atoms with Gasteiger partial charge in [-0.05, 0) is 32.4 Å². The van der Waals surface area contributed by atoms with Crippen LogP contribution in [0.2, 0.25) is 0 Å². The van der Waals surface area contributed by atoms with Gasteiger partial charge in [0.25, 0.3) is 0 Å². The molecule has 6 heteroatoms. The number of amides is 1. The third-order valence-electron chi connectivity index (χ3n) is 3.58. The highest BCUT2D eigenvalue weighted by molar-refractivity contribution is 5.86. The van der Waals surface area contributed by atoms with Crippen molar-refractivity contribution in [2.24, 2.45) is 7.05 Å². The van der Waals surface area contributed by atoms with Crippen LogP contribution < -0.4 is 5.32 Å². The molecule has 0 bridgehead atoms. The molecule has 0 aliphatic heterocycles. The molecule has 0 saturated carbocycles. The molecular formula is C18H24N2O4. The van der Waals surface area contributed by atoms with Crippen molar-refractivity contribution in [3.05, 3.63) is 36.0 Å². The Morgan fingerprint density at radius 2 is 1.92 bits per heavy atom. The summed E-state index contributed by atoms with van der Waals surface area (Å²) in [5, 5.41) is 3.64. The second kappa shape index (κ2) is 6.95. The van der Waals surface area contributed by atoms with Gasteiger partial charge in [-0.25, -0.2) is 9.59 Å². The summed E-state index contributed by atoms with van der Waals surface area (Å²) < 4.78 is 12.0. The fraction of sp³-hybridized carbons (Fsp3) is 0.444. The van der Waals surface area contributed by atoms with Gasteiger partial charge in [-0.15, -0.1) is 0 Å². The first kappa shape index (κ1) is 17.8. The number of ether oxygens (including phenoxy) is 2. The van der Waals surface area contributed by atoms with E-state index in [9.17, 15) is 9.59 Å². The Hall–Kier alpha value is -2.50. The van der Waals surface area contributed by atoms with Gasteiger partial charge in [0.15, 0.2) is 0 Å². The van der Waals surface area contributed by atoms with Crippen LogP contribution in [0.3, 0.4) is 0 Å². The predicted molar refractivity (Wildman–Crippen MR) is 91.8 cm³/mol. The van der Waals surface area contributed by atoms with E-state index in [2.05, 4.69) is 5.32 Å². The van der Waals surface area contributed by atoms with Crippen molar-refractivity contribution in [2.75, 3.05) is 7.11 Å². The summed E-state index contributed by atoms with van der Waals surface area (Å²) in [5.41, 5.74) is 1.39. The number of nitrogens with one attached hydrogen (secondary N) is 1. The van der Waals surface area contributed by atoms with Gasteiger partial charge in [0.05, 0.1) is 7.11 Å². The lowest BCUT2D eigenvalue weighted by Gasteiger charge is -2.22. The molecule has 0 aliphatic rings. The van der Waals surface area contributed by atoms with Gasteiger partial charge in [-0.3, -0.25) is 0 Å². The first-order valence-corrected chi connectivity index (χ1v) is 7.81. The summed E-state index contributed by atoms with van der Waals surface area (Å²) in [7, 11) is 3.25. The number of para-hydroxylation sites is 1. The van der Waals surface area contributed by atoms with E-state index in [0.717, 1.165) is 16.5 Å². The van der Waals surface area contributed by atoms with Gasteiger partial charge in [-0.1, -0.05) is 18.2 Å². The normalized spacial score (nSPS) is 12.7. The van der Waals surface area contributed by atoms with Gasteiger partial charge >= 0.3 is 12.1 Å². The van der Waals surface area contributed by atoms with Crippen LogP contribution in [0, 0.1) is 0 Å². The molecule has 0 fully saturated rings. The molecule has 0 spiro atoms. The van der Waals surface area contributed by atoms with Crippen molar-refractivity contribution < 1.29 is 19.1 Å². The Balaban J connectivity index is 2.22. The molecule has 2 aromatic rings. The fourth-order valence-corrected chi connectivity index (χ4v) is 2.59. The number of aryl methyl sites for hydroxylation is 1. The van der Waals surface area contributed by atoms with E-state index in [0.29, 0.717) is 6.42 Å². The molecule has 24 heavy (non-hydrogen) atoms. The molecule has 0 radical (unpaired) electrons. The number of hydrogen-bond donors (Lipinski definition) is 1. The van der Waals surface area contributed by atoms with Gasteiger partial charge in [0.2, 0.25) is 0 Å². The summed E-state index contributed by atoms with van der Waals surface area (Å²) in [6.45, 7) is 5.30. The van der Waals surface area contributed by atoms with Crippen LogP contribution in [0.1, 0.15) is 26.3 Å². The Morgan fingerprint density at radius 1 is 1.25 bits per heavy atom. The van der Waals surface area contributed by atoms with Crippen molar-refractivity contribution in [3.8, 4) is 0 Å². The molecule has 1 aromatic carbocycles. The summed E-state index contributed by atoms with van der Waals surface area (Å²) >= 11 is 0. The van der Waals surface area contributed by atoms with Crippen LogP contribution in [0.4, 0.5) is 4.79 Å². The number of carbonyl (C=O) groups is 2. The average molecular weight is 332 g/mol. The van der Waals surface area contributed by atoms with Gasteiger partial charge in [-0.2, -0.15) is 0 Å². The van der Waals surface area contributed by atoms with E-state index >= 15 is 0 Å². The topological polar surface area (TPSA) is 69.6 Å². The number of rotatable bonds is 4. The number of aromatic nitrogens is 1. The highest BCUT2D eigenvalue weighted by Gasteiger charge is 2.26. The molecule has 0 saturated heterocycles. The fourth-order valence-electron chi connectivity index (χ4n) is 2.59. The van der Waals surface area contributed by atoms with Crippen LogP contribution >= 0.6 is 0 Å². The lowest BCUT2D eigenvalue weighted by Crippen LogP contribution is -2.45. The van der Waals surface area contributed by atoms with Gasteiger partial charge in [0, 0.05) is 30.6 Å². The number of nitrogens with zero attached hydrogens (tertiary/aromatic N) is 1. The number of fused-ring (bicyclic) bond motifs is 1. The molecule has 1 heterocycles. The summed E-state index contributed by atoms with van der Waals surface area (Å²) in [4.78, 5) is 24.1. The predicted octanol–water partition coefficient (Wildman–Crippen LogP) is 2.79. The molecule has 1 atom stereocenters. The van der Waals surface area contributed by atoms with E-state index < -0.39 is 23.7 Å². The van der Waals surface area contributed by atoms with Crippen LogP contribution in [0.5, 0.6) is 0 Å². The molecule has 0 aliphatic carbocycles. The van der Waals surface area contributed by atoms with Gasteiger partial charge < -0.3 is 19.4 Å². The lowest BCUT2D eigenvalue weighted by atomic mass is 10.1. The molecule has 130 valence electrons. The number of hydrogen-bond acceptors (Lipinski definition) is 4. The lowest BCUT2D eigenvalue weighted by molar-refractivity contribution is -0.143. The zero-order valence-electron chi connectivity index (χ0n) is 14.8. The van der Waals surface area contributed by atoms with E-state index in [1.165, 1.54) is 7.11 Å². The number of carbonyl (C=O) groups excluding carboxylic acids is 2. The van der Waals surface area contributed by atoms with Crippen LogP contribution in [-0.2, 0) is 27.7 Å². The number of methoxy groups -OCH3 is 1. The largest absolute Gasteiger partial charge is 0.467 e. The summed E-state index contributed by atoms with van der Waals surface area (Å²) in [6.07, 6.45) is 1.64. The maximum atomic E-state index is 12.1. The zero-order chi connectivity index (χ0) is 17.9. The molecule has 6 nitrogen and oxygen atoms in total. The average Bonchev–Trinajstić information content (AvgIpc) is 2.81. The minimum Gasteiger partial charge on any atom is -0.467 e. The van der Waals surface area contributed by atoms with Crippen molar-refractivity contribution in [1.29, 1.82) is 0 Å². The number of esters is 1. The Kier molecular flexibility index (Phi) is 5.17. The third kappa shape index (κ3) is 4.28. The maximum Gasteiger partial charge on any atom is 0.408 e. The first-order chi connectivity index (χ1) is 11.2. The van der Waals surface area contributed by atoms with E-state index in [4.69, 9.17) is 9.47 Å². The minimum atomic E-state index is -0.810. The van der Waals surface area contributed by atoms with Crippen LogP contribution in [0.15, 0.2) is 30.5 Å². The Bertz CT molecular complexity index is 743. The third-order valence-corrected chi connectivity index (χ3v) is 3.58. The van der Waals surface area contributed by atoms with E-state index in [1.807, 2.05) is 42.1 Å². The maximum absolute atomic E-state index is 12.1. The van der Waals surface area contributed by atoms with Crippen molar-refractivity contribution >= 4 is 23.0 Å². The zero-order valence-corrected chi connectivity index (χ0v) is 14.8. The molecule has 2 rings (SSSR count). The first-order valence-electron chi connectivity index (χ1n) is 7.81. The summed E-state index contributed by atoms with van der Waals surface area (Å²) in [5.74, 6) is -0.506. The molecule has 1 unspecified atom stereocenters. The number of benzene rings is 1. The minimum absolute atomic E-state index is 0.327. The van der Waals surface area contributed by atoms with Crippen LogP contribution in [-0.4, -0.2) is 35.4 Å². The van der Waals surface area contributed by atoms with Crippen molar-refractivity contribution in [3.63, 3.8) is 0 Å². The summed E-state index contributed by atoms with van der Waals surface area (Å²) in [6, 6.07) is 7.10. The molecule has 1 amide bonds. The quantitative estimate of drug-likeness (QED) is 0.874. The second-order valence-electron chi connectivity index (χ2n) is 6.71. The second-order valence-corrected chi connectivity index (χ2v) is 6.71. The SMILES string of the molecule is COC(=O)C(Cc1cn(C)c2ccccc12)NC(=O)OC(C)(C)C. The molecular weight excluding hydrogens is 308 g/mol. The van der Waals surface area contributed by atoms with Crippen LogP contribution in [0.25, 0.3) is 10.9 Å². The smallest absolute Gasteiger partial charge is 0.408 e. The van der Waals surface area contributed by atoms with Crippen molar-refractivity contribution in [1.82, 2.24) is 9.88 Å². The van der Waals surface area contributed by atoms with Crippen molar-refractivity contribution in [2.45, 2.75) is 38.8 Å². The Morgan fingerprint density at radius 3 is 2.54 bits per heavy atom. The standard InChI is InChI=1S/C18H24N2O4/c1-18(2,3)24-17(22)19-14(16(21)23-5)10-12-11-20(4)15-9-7-6-8-13(12)15/h6-9,11,14H,10H2,1-5H3,(H,19,22). The number of alkyl carbamates (subject to hydrolysis) is 1. The van der Waals surface area contributed by atoms with E-state index in [1.54, 1.807) is 20.8 Å². The van der Waals surface area contributed by atoms with Gasteiger partial charge in [0.1, 0.15) is 11.6 Å². The highest BCUT2D eigenvalue weighted by atomic mass is 16.6. The highest BCUT2D eigenvalue weighted by Crippen LogP contribution is 2.22. The molecule has 1 N–H and O–H groups in total. The monoisotopic (exact) mass is 332 g/mol. The molecule has 1 aromatic heterocycles. The van der Waals surface area contributed by atoms with E-state index in [-0.39, 0.29) is 0 Å².